The second-order valence-corrected chi connectivity index (χ2v) is 19.1. The van der Waals surface area contributed by atoms with E-state index in [1.165, 1.54) is 39.4 Å². The molecule has 0 saturated carbocycles. The molecule has 296 valence electrons. The standard InChI is InChI=1S/C37H54N3.2Mo.HO3Si.H2O.6O/c1-7-25-38(26-8-2)34-19-13-31(14-20-34)37(32-15-21-35(22-16-32)39(27-9-3)28-10-4)33-17-23-36(24-18-33)40(29-11-5)30-12-6;;;1-4(2)3;;;;;;;/h13-24H,7-12,25-30H2,1-6H3;;;1H;1H2;;;;;;/q+1;;+1;-1;;;;;;;-1/p-1. The van der Waals surface area contributed by atoms with Crippen LogP contribution in [0.25, 0.3) is 5.57 Å². The molecule has 0 radical (unpaired) electrons. The van der Waals surface area contributed by atoms with Crippen LogP contribution in [0.3, 0.4) is 0 Å². The summed E-state index contributed by atoms with van der Waals surface area (Å²) in [5.74, 6) is 0. The summed E-state index contributed by atoms with van der Waals surface area (Å²) in [7, 11) is -3.38. The van der Waals surface area contributed by atoms with E-state index in [1.54, 1.807) is 0 Å². The summed E-state index contributed by atoms with van der Waals surface area (Å²) in [6, 6.07) is 18.6. The third-order valence-electron chi connectivity index (χ3n) is 7.69. The van der Waals surface area contributed by atoms with Crippen molar-refractivity contribution in [1.29, 1.82) is 0 Å². The zero-order valence-electron chi connectivity index (χ0n) is 31.7. The summed E-state index contributed by atoms with van der Waals surface area (Å²) in [6.45, 7) is 20.2. The summed E-state index contributed by atoms with van der Waals surface area (Å²) in [5.41, 5.74) is 9.09. The van der Waals surface area contributed by atoms with Gasteiger partial charge in [0.15, 0.2) is 5.71 Å². The van der Waals surface area contributed by atoms with Gasteiger partial charge in [0.25, 0.3) is 0 Å². The zero-order chi connectivity index (χ0) is 40.0. The number of hydrogen-bond donors (Lipinski definition) is 2. The number of allylic oxidation sites excluding steroid dienone is 5. The molecule has 0 bridgehead atoms. The molecule has 0 aromatic heterocycles. The molecule has 1 aliphatic carbocycles. The Morgan fingerprint density at radius 1 is 0.679 bits per heavy atom. The number of rotatable bonds is 18. The summed E-state index contributed by atoms with van der Waals surface area (Å²) in [5, 5.41) is 0. The first-order valence-corrected chi connectivity index (χ1v) is 25.9. The monoisotopic (exact) mass is 926 g/mol. The van der Waals surface area contributed by atoms with Crippen molar-refractivity contribution < 1.29 is 75.3 Å². The van der Waals surface area contributed by atoms with E-state index in [2.05, 4.69) is 131 Å². The van der Waals surface area contributed by atoms with Gasteiger partial charge in [0.2, 0.25) is 0 Å². The first-order chi connectivity index (χ1) is 25.0. The Morgan fingerprint density at radius 3 is 1.26 bits per heavy atom. The van der Waals surface area contributed by atoms with Crippen molar-refractivity contribution in [2.24, 2.45) is 0 Å². The molecule has 0 heterocycles. The van der Waals surface area contributed by atoms with Crippen LogP contribution in [0.4, 0.5) is 11.4 Å². The van der Waals surface area contributed by atoms with Crippen molar-refractivity contribution in [2.75, 3.05) is 49.1 Å². The van der Waals surface area contributed by atoms with Crippen molar-refractivity contribution in [3.63, 3.8) is 0 Å². The number of anilines is 2. The molecule has 0 fully saturated rings. The van der Waals surface area contributed by atoms with Gasteiger partial charge >= 0.3 is 65.8 Å². The molecule has 0 unspecified atom stereocenters. The number of nitrogens with zero attached hydrogens (tertiary/aromatic N) is 3. The van der Waals surface area contributed by atoms with Crippen molar-refractivity contribution in [3.05, 3.63) is 89.5 Å². The molecule has 2 aromatic carbocycles. The third-order valence-corrected chi connectivity index (χ3v) is 13.5. The Bertz CT molecular complexity index is 1620. The number of hydrogen-bond acceptors (Lipinski definition) is 10. The molecule has 0 spiro atoms. The van der Waals surface area contributed by atoms with Crippen molar-refractivity contribution in [3.8, 4) is 0 Å². The van der Waals surface area contributed by atoms with Gasteiger partial charge in [-0.3, -0.25) is 0 Å². The van der Waals surface area contributed by atoms with Crippen LogP contribution in [0.5, 0.6) is 0 Å². The van der Waals surface area contributed by atoms with Crippen LogP contribution in [0.2, 0.25) is 0 Å². The fraction of sp³-hybridized carbons (Fsp3) is 0.486. The Hall–Kier alpha value is -3.00. The summed E-state index contributed by atoms with van der Waals surface area (Å²) in [4.78, 5) is 20.7. The van der Waals surface area contributed by atoms with Gasteiger partial charge in [0.05, 0.1) is 0 Å². The molecule has 0 atom stereocenters. The van der Waals surface area contributed by atoms with Gasteiger partial charge in [-0.25, -0.2) is 4.58 Å². The Labute approximate surface area is 324 Å². The molecule has 3 rings (SSSR count). The second-order valence-electron chi connectivity index (χ2n) is 12.1. The summed E-state index contributed by atoms with van der Waals surface area (Å²) >= 11 is -12.4. The predicted octanol–water partition coefficient (Wildman–Crippen LogP) is 4.60. The van der Waals surface area contributed by atoms with Gasteiger partial charge in [0.1, 0.15) is 13.1 Å². The minimum absolute atomic E-state index is 1.10. The molecule has 0 saturated heterocycles. The average molecular weight is 923 g/mol. The first-order valence-electron chi connectivity index (χ1n) is 18.0. The molecular weight excluding hydrogens is 866 g/mol. The van der Waals surface area contributed by atoms with Crippen LogP contribution in [0.1, 0.15) is 91.2 Å². The first kappa shape index (κ1) is 48.0. The topological polar surface area (TPSA) is 191 Å². The van der Waals surface area contributed by atoms with Crippen LogP contribution >= 0.6 is 0 Å². The van der Waals surface area contributed by atoms with Gasteiger partial charge in [-0.15, -0.1) is 0 Å². The molecule has 13 nitrogen and oxygen atoms in total. The molecule has 16 heteroatoms. The van der Waals surface area contributed by atoms with Crippen LogP contribution in [0, 0.1) is 0 Å². The van der Waals surface area contributed by atoms with Crippen LogP contribution in [-0.2, 0) is 53.6 Å². The van der Waals surface area contributed by atoms with Gasteiger partial charge in [0, 0.05) is 62.5 Å². The fourth-order valence-corrected chi connectivity index (χ4v) is 9.43. The van der Waals surface area contributed by atoms with Gasteiger partial charge < -0.3 is 23.9 Å². The number of benzene rings is 2. The molecule has 0 amide bonds. The van der Waals surface area contributed by atoms with E-state index in [0.29, 0.717) is 0 Å². The van der Waals surface area contributed by atoms with Crippen molar-refractivity contribution >= 4 is 31.8 Å². The molecular formula is C37H56Mo2N3O10Si-. The quantitative estimate of drug-likeness (QED) is 0.156. The van der Waals surface area contributed by atoms with E-state index in [1.807, 2.05) is 0 Å². The Kier molecular flexibility index (Phi) is 22.8. The van der Waals surface area contributed by atoms with E-state index < -0.39 is 42.7 Å². The summed E-state index contributed by atoms with van der Waals surface area (Å²) < 4.78 is 69.0. The molecule has 2 aromatic rings. The van der Waals surface area contributed by atoms with E-state index in [-0.39, 0.29) is 0 Å². The van der Waals surface area contributed by atoms with Gasteiger partial charge in [-0.1, -0.05) is 65.8 Å². The molecule has 53 heavy (non-hydrogen) atoms. The van der Waals surface area contributed by atoms with Crippen molar-refractivity contribution in [1.82, 2.24) is 0 Å². The molecule has 0 aliphatic heterocycles. The van der Waals surface area contributed by atoms with Crippen molar-refractivity contribution in [2.45, 2.75) is 80.1 Å². The maximum absolute atomic E-state index is 9.53. The third kappa shape index (κ3) is 19.2. The second kappa shape index (κ2) is 25.2. The van der Waals surface area contributed by atoms with E-state index in [4.69, 9.17) is 17.8 Å². The van der Waals surface area contributed by atoms with E-state index in [9.17, 15) is 17.4 Å². The fourth-order valence-electron chi connectivity index (χ4n) is 5.85. The maximum atomic E-state index is 9.53. The average Bonchev–Trinajstić information content (AvgIpc) is 3.08. The Balaban J connectivity index is 0.000000921. The van der Waals surface area contributed by atoms with Gasteiger partial charge in [-0.05, 0) is 84.4 Å². The SMILES string of the molecule is CCCN(CCC)c1ccc(C(=C2C=CC(=[N+](CCC)CCC)C=C2)c2ccc(N(CCC)CCC)cc2)cc1.O=[Si]([O-])O.[O]=[Mo](=[O])([O-])[O][Mo](=[O])(=[O])[OH]. The zero-order valence-corrected chi connectivity index (χ0v) is 36.7. The predicted molar refractivity (Wildman–Crippen MR) is 193 cm³/mol. The van der Waals surface area contributed by atoms with Crippen LogP contribution in [0.15, 0.2) is 78.4 Å². The van der Waals surface area contributed by atoms with Crippen LogP contribution in [-0.4, -0.2) is 67.3 Å². The minimum atomic E-state index is -6.30. The molecule has 1 aliphatic rings. The van der Waals surface area contributed by atoms with Crippen LogP contribution < -0.4 is 18.4 Å². The normalized spacial score (nSPS) is 12.3. The molecule has 2 N–H and O–H groups in total. The van der Waals surface area contributed by atoms with E-state index >= 15 is 0 Å². The summed E-state index contributed by atoms with van der Waals surface area (Å²) in [6.07, 6.45) is 16.3. The van der Waals surface area contributed by atoms with Gasteiger partial charge in [-0.2, -0.15) is 0 Å². The van der Waals surface area contributed by atoms with E-state index in [0.717, 1.165) is 77.8 Å². The Morgan fingerprint density at radius 2 is 1.02 bits per heavy atom.